The van der Waals surface area contributed by atoms with Crippen LogP contribution in [0.25, 0.3) is 11.0 Å². The first-order chi connectivity index (χ1) is 17.1. The van der Waals surface area contributed by atoms with E-state index in [1.807, 2.05) is 19.1 Å². The molecule has 0 radical (unpaired) electrons. The summed E-state index contributed by atoms with van der Waals surface area (Å²) in [7, 11) is 0. The van der Waals surface area contributed by atoms with Gasteiger partial charge < -0.3 is 9.72 Å². The molecule has 2 aromatic heterocycles. The molecule has 1 fully saturated rings. The average Bonchev–Trinajstić information content (AvgIpc) is 3.14. The van der Waals surface area contributed by atoms with E-state index in [-0.39, 0.29) is 23.9 Å². The normalized spacial score (nSPS) is 22.9. The Morgan fingerprint density at radius 3 is 2.64 bits per heavy atom. The fourth-order valence-electron chi connectivity index (χ4n) is 5.61. The third-order valence-corrected chi connectivity index (χ3v) is 7.49. The third-order valence-electron chi connectivity index (χ3n) is 7.49. The molecule has 2 aliphatic rings. The van der Waals surface area contributed by atoms with Crippen molar-refractivity contribution in [1.82, 2.24) is 19.8 Å². The number of pyridine rings is 1. The van der Waals surface area contributed by atoms with Gasteiger partial charge in [-0.15, -0.1) is 0 Å². The molecule has 3 aromatic rings. The summed E-state index contributed by atoms with van der Waals surface area (Å²) in [5.74, 6) is -2.65. The molecular formula is C27H34F3N5O. The van der Waals surface area contributed by atoms with Crippen LogP contribution >= 0.6 is 0 Å². The largest absolute Gasteiger partial charge is 0.492 e. The van der Waals surface area contributed by atoms with Gasteiger partial charge in [-0.25, -0.2) is 18.2 Å². The van der Waals surface area contributed by atoms with E-state index < -0.39 is 23.5 Å². The van der Waals surface area contributed by atoms with Gasteiger partial charge in [0.05, 0.1) is 6.04 Å². The monoisotopic (exact) mass is 501 g/mol. The lowest BCUT2D eigenvalue weighted by molar-refractivity contribution is 0.0574. The molecule has 0 amide bonds. The zero-order valence-electron chi connectivity index (χ0n) is 21.0. The maximum atomic E-state index is 15.6. The Balaban J connectivity index is 1.47. The van der Waals surface area contributed by atoms with Crippen molar-refractivity contribution in [1.29, 1.82) is 0 Å². The van der Waals surface area contributed by atoms with Gasteiger partial charge in [0, 0.05) is 67.2 Å². The summed E-state index contributed by atoms with van der Waals surface area (Å²) in [6.45, 7) is 8.32. The van der Waals surface area contributed by atoms with E-state index in [1.54, 1.807) is 11.1 Å². The number of likely N-dealkylation sites (tertiary alicyclic amines) is 1. The van der Waals surface area contributed by atoms with Gasteiger partial charge in [0.2, 0.25) is 0 Å². The minimum Gasteiger partial charge on any atom is -0.492 e. The van der Waals surface area contributed by atoms with Crippen LogP contribution in [-0.4, -0.2) is 64.4 Å². The number of ether oxygens (including phenoxy) is 1. The molecule has 4 heterocycles. The van der Waals surface area contributed by atoms with Crippen molar-refractivity contribution < 1.29 is 17.9 Å². The van der Waals surface area contributed by atoms with Crippen LogP contribution in [-0.2, 0) is 6.42 Å². The Morgan fingerprint density at radius 2 is 1.97 bits per heavy atom. The van der Waals surface area contributed by atoms with Crippen molar-refractivity contribution in [3.05, 3.63) is 58.9 Å². The Hall–Kier alpha value is -2.62. The van der Waals surface area contributed by atoms with Gasteiger partial charge in [0.1, 0.15) is 29.6 Å². The van der Waals surface area contributed by atoms with E-state index in [0.29, 0.717) is 30.9 Å². The number of rotatable bonds is 8. The summed E-state index contributed by atoms with van der Waals surface area (Å²) < 4.78 is 51.6. The molecule has 194 valence electrons. The quantitative estimate of drug-likeness (QED) is 0.444. The molecule has 0 aliphatic carbocycles. The van der Waals surface area contributed by atoms with E-state index in [2.05, 4.69) is 21.8 Å². The van der Waals surface area contributed by atoms with Gasteiger partial charge in [-0.3, -0.25) is 15.5 Å². The predicted octanol–water partition coefficient (Wildman–Crippen LogP) is 4.54. The summed E-state index contributed by atoms with van der Waals surface area (Å²) in [4.78, 5) is 11.6. The van der Waals surface area contributed by atoms with Gasteiger partial charge in [-0.05, 0) is 43.9 Å². The van der Waals surface area contributed by atoms with Crippen LogP contribution in [0.3, 0.4) is 0 Å². The van der Waals surface area contributed by atoms with Crippen LogP contribution in [0.1, 0.15) is 50.1 Å². The fourth-order valence-corrected chi connectivity index (χ4v) is 5.61. The van der Waals surface area contributed by atoms with Crippen LogP contribution in [0, 0.1) is 17.6 Å². The van der Waals surface area contributed by atoms with Crippen LogP contribution in [0.2, 0.25) is 0 Å². The number of benzene rings is 1. The lowest BCUT2D eigenvalue weighted by Crippen LogP contribution is -2.52. The molecule has 3 N–H and O–H groups in total. The average molecular weight is 502 g/mol. The zero-order valence-corrected chi connectivity index (χ0v) is 21.0. The number of nitrogens with one attached hydrogen (secondary N) is 1. The lowest BCUT2D eigenvalue weighted by Gasteiger charge is -2.42. The topological polar surface area (TPSA) is 70.4 Å². The number of aromatic nitrogens is 2. The molecule has 3 unspecified atom stereocenters. The second-order valence-electron chi connectivity index (χ2n) is 10.5. The van der Waals surface area contributed by atoms with E-state index in [1.165, 1.54) is 19.1 Å². The van der Waals surface area contributed by atoms with Crippen molar-refractivity contribution in [3.63, 3.8) is 0 Å². The molecule has 9 heteroatoms. The number of nitrogens with zero attached hydrogens (tertiary/aromatic N) is 3. The van der Waals surface area contributed by atoms with Gasteiger partial charge >= 0.3 is 0 Å². The Morgan fingerprint density at radius 1 is 1.25 bits per heavy atom. The minimum atomic E-state index is -2.04. The number of fused-ring (bicyclic) bond motifs is 3. The Bertz CT molecular complexity index is 1210. The summed E-state index contributed by atoms with van der Waals surface area (Å²) in [5, 5.41) is 0.900. The molecule has 1 aromatic carbocycles. The number of aromatic amines is 1. The van der Waals surface area contributed by atoms with Crippen molar-refractivity contribution in [3.8, 4) is 5.75 Å². The highest BCUT2D eigenvalue weighted by Gasteiger charge is 2.41. The highest BCUT2D eigenvalue weighted by molar-refractivity contribution is 5.82. The smallest absolute Gasteiger partial charge is 0.169 e. The standard InChI is InChI=1S/C27H34F3N5O/c1-4-17-13-34(14-17)8-9-36-18-11-21(28)23(22(29)12-18)25-24-20(19-6-5-7-32-26(19)33-24)10-16(2)35(25)15-27(3,30)31/h5-7,11-12,16-17,25H,4,8-10,13-15,31H2,1-3H3,(H,32,33). The van der Waals surface area contributed by atoms with Gasteiger partial charge in [-0.1, -0.05) is 13.3 Å². The molecule has 3 atom stereocenters. The highest BCUT2D eigenvalue weighted by atomic mass is 19.1. The zero-order chi connectivity index (χ0) is 25.6. The molecular weight excluding hydrogens is 467 g/mol. The number of hydrogen-bond donors (Lipinski definition) is 2. The molecule has 0 saturated carbocycles. The Kier molecular flexibility index (Phi) is 6.74. The maximum absolute atomic E-state index is 15.6. The van der Waals surface area contributed by atoms with E-state index in [4.69, 9.17) is 10.5 Å². The number of nitrogens with two attached hydrogens (primary N) is 1. The number of halogens is 3. The molecule has 5 rings (SSSR count). The number of alkyl halides is 1. The first-order valence-electron chi connectivity index (χ1n) is 12.7. The van der Waals surface area contributed by atoms with E-state index in [9.17, 15) is 4.39 Å². The van der Waals surface area contributed by atoms with E-state index >= 15 is 8.78 Å². The summed E-state index contributed by atoms with van der Waals surface area (Å²) in [5.41, 5.74) is 7.76. The lowest BCUT2D eigenvalue weighted by atomic mass is 9.87. The van der Waals surface area contributed by atoms with Crippen molar-refractivity contribution in [2.24, 2.45) is 11.7 Å². The molecule has 0 bridgehead atoms. The maximum Gasteiger partial charge on any atom is 0.169 e. The van der Waals surface area contributed by atoms with Crippen molar-refractivity contribution in [2.75, 3.05) is 32.8 Å². The highest BCUT2D eigenvalue weighted by Crippen LogP contribution is 2.43. The van der Waals surface area contributed by atoms with Gasteiger partial charge in [0.25, 0.3) is 0 Å². The molecule has 36 heavy (non-hydrogen) atoms. The molecule has 0 spiro atoms. The fraction of sp³-hybridized carbons (Fsp3) is 0.519. The molecule has 6 nitrogen and oxygen atoms in total. The Labute approximate surface area is 209 Å². The summed E-state index contributed by atoms with van der Waals surface area (Å²) in [6.07, 6.45) is 3.40. The van der Waals surface area contributed by atoms with Crippen LogP contribution in [0.5, 0.6) is 5.75 Å². The first kappa shape index (κ1) is 25.0. The van der Waals surface area contributed by atoms with Crippen LogP contribution in [0.4, 0.5) is 13.2 Å². The second-order valence-corrected chi connectivity index (χ2v) is 10.5. The predicted molar refractivity (Wildman–Crippen MR) is 134 cm³/mol. The van der Waals surface area contributed by atoms with Crippen LogP contribution < -0.4 is 10.5 Å². The van der Waals surface area contributed by atoms with Crippen molar-refractivity contribution in [2.45, 2.75) is 51.5 Å². The number of hydrogen-bond acceptors (Lipinski definition) is 5. The SMILES string of the molecule is CCC1CN(CCOc2cc(F)c(C3c4[nH]c5ncccc5c4CC(C)N3CC(C)(N)F)c(F)c2)C1. The number of H-pyrrole nitrogens is 1. The van der Waals surface area contributed by atoms with Gasteiger partial charge in [-0.2, -0.15) is 0 Å². The van der Waals surface area contributed by atoms with Gasteiger partial charge in [0.15, 0.2) is 5.79 Å². The van der Waals surface area contributed by atoms with Crippen molar-refractivity contribution >= 4 is 11.0 Å². The van der Waals surface area contributed by atoms with Crippen LogP contribution in [0.15, 0.2) is 30.5 Å². The molecule has 2 aliphatic heterocycles. The first-order valence-corrected chi connectivity index (χ1v) is 12.7. The van der Waals surface area contributed by atoms with E-state index in [0.717, 1.165) is 36.4 Å². The second kappa shape index (κ2) is 9.68. The molecule has 1 saturated heterocycles. The third kappa shape index (κ3) is 4.84. The minimum absolute atomic E-state index is 0.143. The summed E-state index contributed by atoms with van der Waals surface area (Å²) >= 11 is 0. The summed E-state index contributed by atoms with van der Waals surface area (Å²) in [6, 6.07) is 5.11.